The quantitative estimate of drug-likeness (QED) is 0.607. The van der Waals surface area contributed by atoms with Crippen LogP contribution in [0.15, 0.2) is 53.3 Å². The van der Waals surface area contributed by atoms with Crippen LogP contribution in [0.4, 0.5) is 11.4 Å². The number of ether oxygens (including phenoxy) is 1. The van der Waals surface area contributed by atoms with Gasteiger partial charge in [0.15, 0.2) is 6.10 Å². The molecule has 1 aromatic heterocycles. The first-order valence-electron chi connectivity index (χ1n) is 10.1. The smallest absolute Gasteiger partial charge is 0.312 e. The van der Waals surface area contributed by atoms with Crippen molar-refractivity contribution >= 4 is 39.9 Å². The number of carbonyl (C=O) groups excluding carboxylic acids is 3. The number of carbonyl (C=O) groups is 3. The molecule has 0 spiro atoms. The number of fused-ring (bicyclic) bond motifs is 2. The molecule has 1 atom stereocenters. The van der Waals surface area contributed by atoms with Crippen LogP contribution in [0.3, 0.4) is 0 Å². The van der Waals surface area contributed by atoms with Gasteiger partial charge in [-0.3, -0.25) is 24.1 Å². The summed E-state index contributed by atoms with van der Waals surface area (Å²) in [6.45, 7) is 4.71. The summed E-state index contributed by atoms with van der Waals surface area (Å²) in [5.74, 6) is -1.54. The van der Waals surface area contributed by atoms with E-state index in [1.54, 1.807) is 62.4 Å². The average Bonchev–Trinajstić information content (AvgIpc) is 2.76. The van der Waals surface area contributed by atoms with Gasteiger partial charge in [-0.15, -0.1) is 0 Å². The normalized spacial score (nSPS) is 15.6. The summed E-state index contributed by atoms with van der Waals surface area (Å²) >= 11 is 0. The van der Waals surface area contributed by atoms with Crippen LogP contribution in [0.25, 0.3) is 10.8 Å². The lowest BCUT2D eigenvalue weighted by molar-refractivity contribution is -0.153. The van der Waals surface area contributed by atoms with Gasteiger partial charge in [0, 0.05) is 5.39 Å². The number of hydrogen-bond acceptors (Lipinski definition) is 6. The Kier molecular flexibility index (Phi) is 5.25. The Balaban J connectivity index is 1.56. The summed E-state index contributed by atoms with van der Waals surface area (Å²) in [6, 6.07) is 13.7. The van der Waals surface area contributed by atoms with E-state index in [1.165, 1.54) is 11.8 Å². The number of anilines is 2. The van der Waals surface area contributed by atoms with Crippen molar-refractivity contribution in [2.24, 2.45) is 0 Å². The summed E-state index contributed by atoms with van der Waals surface area (Å²) in [7, 11) is 0. The van der Waals surface area contributed by atoms with E-state index in [0.717, 1.165) is 0 Å². The highest BCUT2D eigenvalue weighted by Crippen LogP contribution is 2.37. The van der Waals surface area contributed by atoms with Gasteiger partial charge in [0.1, 0.15) is 5.54 Å². The number of nitrogens with one attached hydrogen (secondary N) is 2. The third-order valence-corrected chi connectivity index (χ3v) is 5.47. The number of rotatable bonds is 4. The molecular weight excluding hydrogens is 412 g/mol. The molecule has 1 aliphatic rings. The van der Waals surface area contributed by atoms with Crippen molar-refractivity contribution in [3.05, 3.63) is 64.6 Å². The Morgan fingerprint density at radius 3 is 2.47 bits per heavy atom. The van der Waals surface area contributed by atoms with Crippen LogP contribution in [0, 0.1) is 0 Å². The second-order valence-corrected chi connectivity index (χ2v) is 8.06. The standard InChI is InChI=1S/C23H22N4O5/c1-13(21(30)27-18-11-7-6-10-16(18)24-22(31)23(27,2)3)32-19(28)12-17-14-8-4-5-9-15(14)20(29)26-25-17/h4-11,13H,12H2,1-3H3,(H,24,31)(H,26,29). The van der Waals surface area contributed by atoms with E-state index in [-0.39, 0.29) is 17.9 Å². The minimum absolute atomic E-state index is 0.227. The molecule has 164 valence electrons. The molecule has 2 heterocycles. The maximum Gasteiger partial charge on any atom is 0.312 e. The van der Waals surface area contributed by atoms with Crippen LogP contribution in [0.5, 0.6) is 0 Å². The van der Waals surface area contributed by atoms with Crippen LogP contribution >= 0.6 is 0 Å². The fraction of sp³-hybridized carbons (Fsp3) is 0.261. The number of nitrogens with zero attached hydrogens (tertiary/aromatic N) is 2. The van der Waals surface area contributed by atoms with Gasteiger partial charge in [0.25, 0.3) is 11.5 Å². The Morgan fingerprint density at radius 2 is 1.72 bits per heavy atom. The lowest BCUT2D eigenvalue weighted by Gasteiger charge is -2.42. The predicted octanol–water partition coefficient (Wildman–Crippen LogP) is 2.16. The van der Waals surface area contributed by atoms with E-state index in [1.807, 2.05) is 0 Å². The Labute approximate surface area is 183 Å². The van der Waals surface area contributed by atoms with Gasteiger partial charge in [-0.1, -0.05) is 30.3 Å². The minimum Gasteiger partial charge on any atom is -0.452 e. The number of aromatic nitrogens is 2. The van der Waals surface area contributed by atoms with Crippen LogP contribution in [-0.4, -0.2) is 39.6 Å². The zero-order valence-electron chi connectivity index (χ0n) is 17.8. The topological polar surface area (TPSA) is 121 Å². The molecule has 3 aromatic rings. The predicted molar refractivity (Wildman–Crippen MR) is 118 cm³/mol. The molecule has 2 amide bonds. The molecule has 0 saturated carbocycles. The number of para-hydroxylation sites is 2. The number of aromatic amines is 1. The van der Waals surface area contributed by atoms with Gasteiger partial charge in [0.05, 0.1) is 28.9 Å². The largest absolute Gasteiger partial charge is 0.452 e. The monoisotopic (exact) mass is 434 g/mol. The minimum atomic E-state index is -1.18. The van der Waals surface area contributed by atoms with E-state index in [4.69, 9.17) is 4.74 Å². The summed E-state index contributed by atoms with van der Waals surface area (Å²) in [5.41, 5.74) is -0.160. The number of amides is 2. The third kappa shape index (κ3) is 3.62. The van der Waals surface area contributed by atoms with Crippen LogP contribution in [0.2, 0.25) is 0 Å². The molecule has 9 nitrogen and oxygen atoms in total. The van der Waals surface area contributed by atoms with Crippen molar-refractivity contribution in [2.45, 2.75) is 38.8 Å². The average molecular weight is 434 g/mol. The number of benzene rings is 2. The molecule has 1 unspecified atom stereocenters. The van der Waals surface area contributed by atoms with Crippen molar-refractivity contribution in [1.29, 1.82) is 0 Å². The van der Waals surface area contributed by atoms with Crippen molar-refractivity contribution in [3.8, 4) is 0 Å². The van der Waals surface area contributed by atoms with Gasteiger partial charge in [0.2, 0.25) is 5.91 Å². The second kappa shape index (κ2) is 7.92. The van der Waals surface area contributed by atoms with Crippen LogP contribution < -0.4 is 15.8 Å². The first-order valence-corrected chi connectivity index (χ1v) is 10.1. The van der Waals surface area contributed by atoms with Crippen LogP contribution in [0.1, 0.15) is 26.5 Å². The molecule has 9 heteroatoms. The number of H-pyrrole nitrogens is 1. The zero-order chi connectivity index (χ0) is 23.0. The Hall–Kier alpha value is -4.01. The number of hydrogen-bond donors (Lipinski definition) is 2. The molecule has 0 saturated heterocycles. The van der Waals surface area contributed by atoms with Crippen molar-refractivity contribution < 1.29 is 19.1 Å². The van der Waals surface area contributed by atoms with Crippen molar-refractivity contribution in [1.82, 2.24) is 10.2 Å². The van der Waals surface area contributed by atoms with Gasteiger partial charge in [-0.2, -0.15) is 5.10 Å². The highest BCUT2D eigenvalue weighted by atomic mass is 16.5. The molecule has 0 aliphatic carbocycles. The maximum absolute atomic E-state index is 13.3. The zero-order valence-corrected chi connectivity index (χ0v) is 17.8. The SMILES string of the molecule is CC(OC(=O)Cc1n[nH]c(=O)c2ccccc12)C(=O)N1c2ccccc2NC(=O)C1(C)C. The van der Waals surface area contributed by atoms with E-state index < -0.39 is 23.5 Å². The second-order valence-electron chi connectivity index (χ2n) is 8.06. The number of esters is 1. The maximum atomic E-state index is 13.3. The van der Waals surface area contributed by atoms with E-state index in [9.17, 15) is 19.2 Å². The van der Waals surface area contributed by atoms with Gasteiger partial charge in [-0.25, -0.2) is 5.10 Å². The van der Waals surface area contributed by atoms with Crippen molar-refractivity contribution in [2.75, 3.05) is 10.2 Å². The highest BCUT2D eigenvalue weighted by molar-refractivity contribution is 6.15. The summed E-state index contributed by atoms with van der Waals surface area (Å²) < 4.78 is 5.40. The molecule has 0 bridgehead atoms. The Morgan fingerprint density at radius 1 is 1.06 bits per heavy atom. The summed E-state index contributed by atoms with van der Waals surface area (Å²) in [6.07, 6.45) is -1.37. The van der Waals surface area contributed by atoms with Gasteiger partial charge in [-0.05, 0) is 39.0 Å². The molecule has 0 radical (unpaired) electrons. The molecule has 1 aliphatic heterocycles. The lowest BCUT2D eigenvalue weighted by Crippen LogP contribution is -2.60. The molecular formula is C23H22N4O5. The van der Waals surface area contributed by atoms with Gasteiger partial charge >= 0.3 is 5.97 Å². The Bertz CT molecular complexity index is 1300. The summed E-state index contributed by atoms with van der Waals surface area (Å²) in [5, 5.41) is 10.1. The first kappa shape index (κ1) is 21.2. The highest BCUT2D eigenvalue weighted by Gasteiger charge is 2.45. The summed E-state index contributed by atoms with van der Waals surface area (Å²) in [4.78, 5) is 51.7. The first-order chi connectivity index (χ1) is 15.2. The van der Waals surface area contributed by atoms with E-state index >= 15 is 0 Å². The molecule has 4 rings (SSSR count). The fourth-order valence-electron chi connectivity index (χ4n) is 3.76. The molecule has 32 heavy (non-hydrogen) atoms. The van der Waals surface area contributed by atoms with E-state index in [2.05, 4.69) is 15.5 Å². The molecule has 2 N–H and O–H groups in total. The van der Waals surface area contributed by atoms with Crippen LogP contribution in [-0.2, 0) is 25.5 Å². The van der Waals surface area contributed by atoms with E-state index in [0.29, 0.717) is 27.8 Å². The van der Waals surface area contributed by atoms with Crippen molar-refractivity contribution in [3.63, 3.8) is 0 Å². The fourth-order valence-corrected chi connectivity index (χ4v) is 3.76. The van der Waals surface area contributed by atoms with Gasteiger partial charge < -0.3 is 10.1 Å². The molecule has 0 fully saturated rings. The molecule has 2 aromatic carbocycles. The lowest BCUT2D eigenvalue weighted by atomic mass is 9.95. The third-order valence-electron chi connectivity index (χ3n) is 5.47.